The van der Waals surface area contributed by atoms with Crippen molar-refractivity contribution in [3.8, 4) is 0 Å². The van der Waals surface area contributed by atoms with Crippen LogP contribution in [0.4, 0.5) is 0 Å². The third-order valence-electron chi connectivity index (χ3n) is 3.69. The predicted molar refractivity (Wildman–Crippen MR) is 85.9 cm³/mol. The Morgan fingerprint density at radius 3 is 2.55 bits per heavy atom. The van der Waals surface area contributed by atoms with Gasteiger partial charge in [-0.1, -0.05) is 42.5 Å². The van der Waals surface area contributed by atoms with E-state index in [9.17, 15) is 4.79 Å². The molecule has 112 valence electrons. The number of benzene rings is 2. The highest BCUT2D eigenvalue weighted by Crippen LogP contribution is 2.18. The number of hydrogen-bond acceptors (Lipinski definition) is 3. The molecule has 0 saturated heterocycles. The second-order valence-corrected chi connectivity index (χ2v) is 5.22. The number of aliphatic hydroxyl groups excluding tert-OH is 1. The number of aliphatic hydroxyl groups is 1. The summed E-state index contributed by atoms with van der Waals surface area (Å²) in [4.78, 5) is 17.1. The van der Waals surface area contributed by atoms with Crippen molar-refractivity contribution in [1.82, 2.24) is 9.55 Å². The highest BCUT2D eigenvalue weighted by atomic mass is 16.2. The van der Waals surface area contributed by atoms with Crippen LogP contribution in [-0.4, -0.2) is 27.0 Å². The minimum Gasteiger partial charge on any atom is -0.396 e. The number of fused-ring (bicyclic) bond motifs is 1. The number of para-hydroxylation sites is 2. The zero-order valence-electron chi connectivity index (χ0n) is 12.3. The molecule has 0 aliphatic rings. The van der Waals surface area contributed by atoms with Gasteiger partial charge in [-0.05, 0) is 18.6 Å². The SMILES string of the molecule is O=C(Cn1c(CCCO)nc2ccccc21)c1ccccc1. The van der Waals surface area contributed by atoms with Gasteiger partial charge in [0, 0.05) is 18.6 Å². The van der Waals surface area contributed by atoms with Crippen LogP contribution in [0.3, 0.4) is 0 Å². The molecule has 3 aromatic rings. The largest absolute Gasteiger partial charge is 0.396 e. The number of carbonyl (C=O) groups is 1. The zero-order valence-corrected chi connectivity index (χ0v) is 12.3. The Bertz CT molecular complexity index is 778. The average molecular weight is 294 g/mol. The van der Waals surface area contributed by atoms with E-state index in [1.807, 2.05) is 59.2 Å². The molecule has 0 unspecified atom stereocenters. The lowest BCUT2D eigenvalue weighted by atomic mass is 10.1. The monoisotopic (exact) mass is 294 g/mol. The van der Waals surface area contributed by atoms with Gasteiger partial charge in [0.1, 0.15) is 5.82 Å². The van der Waals surface area contributed by atoms with Crippen molar-refractivity contribution in [3.63, 3.8) is 0 Å². The molecule has 0 spiro atoms. The van der Waals surface area contributed by atoms with Crippen molar-refractivity contribution in [2.24, 2.45) is 0 Å². The van der Waals surface area contributed by atoms with Crippen molar-refractivity contribution >= 4 is 16.8 Å². The van der Waals surface area contributed by atoms with Gasteiger partial charge in [-0.2, -0.15) is 0 Å². The van der Waals surface area contributed by atoms with Crippen LogP contribution < -0.4 is 0 Å². The summed E-state index contributed by atoms with van der Waals surface area (Å²) in [6.45, 7) is 0.390. The van der Waals surface area contributed by atoms with E-state index in [0.717, 1.165) is 16.9 Å². The van der Waals surface area contributed by atoms with Crippen LogP contribution in [0.2, 0.25) is 0 Å². The molecule has 3 rings (SSSR count). The van der Waals surface area contributed by atoms with Gasteiger partial charge in [0.15, 0.2) is 5.78 Å². The molecule has 1 aromatic heterocycles. The van der Waals surface area contributed by atoms with Gasteiger partial charge in [-0.15, -0.1) is 0 Å². The fourth-order valence-corrected chi connectivity index (χ4v) is 2.59. The third-order valence-corrected chi connectivity index (χ3v) is 3.69. The van der Waals surface area contributed by atoms with Crippen molar-refractivity contribution in [2.75, 3.05) is 6.61 Å². The Kier molecular flexibility index (Phi) is 4.30. The maximum atomic E-state index is 12.5. The number of imidazole rings is 1. The standard InChI is InChI=1S/C18H18N2O2/c21-12-6-11-18-19-15-9-4-5-10-16(15)20(18)13-17(22)14-7-2-1-3-8-14/h1-5,7-10,21H,6,11-13H2. The summed E-state index contributed by atoms with van der Waals surface area (Å²) in [6.07, 6.45) is 1.30. The molecule has 0 aliphatic heterocycles. The first-order valence-electron chi connectivity index (χ1n) is 7.43. The third kappa shape index (κ3) is 2.92. The van der Waals surface area contributed by atoms with Crippen LogP contribution in [-0.2, 0) is 13.0 Å². The maximum Gasteiger partial charge on any atom is 0.182 e. The van der Waals surface area contributed by atoms with Crippen LogP contribution in [0.1, 0.15) is 22.6 Å². The molecule has 4 heteroatoms. The molecule has 1 heterocycles. The summed E-state index contributed by atoms with van der Waals surface area (Å²) in [6, 6.07) is 17.1. The van der Waals surface area contributed by atoms with Gasteiger partial charge in [-0.25, -0.2) is 4.98 Å². The van der Waals surface area contributed by atoms with E-state index < -0.39 is 0 Å². The number of nitrogens with zero attached hydrogens (tertiary/aromatic N) is 2. The van der Waals surface area contributed by atoms with Crippen molar-refractivity contribution in [3.05, 3.63) is 66.0 Å². The highest BCUT2D eigenvalue weighted by molar-refractivity contribution is 5.96. The second kappa shape index (κ2) is 6.54. The van der Waals surface area contributed by atoms with E-state index in [-0.39, 0.29) is 18.9 Å². The van der Waals surface area contributed by atoms with Crippen LogP contribution >= 0.6 is 0 Å². The topological polar surface area (TPSA) is 55.1 Å². The molecular formula is C18H18N2O2. The molecule has 0 fully saturated rings. The number of Topliss-reactive ketones (excluding diaryl/α,β-unsaturated/α-hetero) is 1. The highest BCUT2D eigenvalue weighted by Gasteiger charge is 2.14. The fourth-order valence-electron chi connectivity index (χ4n) is 2.59. The van der Waals surface area contributed by atoms with Gasteiger partial charge in [0.25, 0.3) is 0 Å². The normalized spacial score (nSPS) is 11.0. The fraction of sp³-hybridized carbons (Fsp3) is 0.222. The molecule has 0 amide bonds. The van der Waals surface area contributed by atoms with Crippen LogP contribution in [0.25, 0.3) is 11.0 Å². The number of aromatic nitrogens is 2. The van der Waals surface area contributed by atoms with Crippen LogP contribution in [0, 0.1) is 0 Å². The minimum absolute atomic E-state index is 0.0639. The zero-order chi connectivity index (χ0) is 15.4. The van der Waals surface area contributed by atoms with E-state index >= 15 is 0 Å². The smallest absolute Gasteiger partial charge is 0.182 e. The minimum atomic E-state index is 0.0639. The molecule has 22 heavy (non-hydrogen) atoms. The van der Waals surface area contributed by atoms with Crippen molar-refractivity contribution in [2.45, 2.75) is 19.4 Å². The number of hydrogen-bond donors (Lipinski definition) is 1. The summed E-state index contributed by atoms with van der Waals surface area (Å²) in [5, 5.41) is 9.05. The Labute approximate surface area is 129 Å². The Morgan fingerprint density at radius 2 is 1.77 bits per heavy atom. The van der Waals surface area contributed by atoms with Crippen LogP contribution in [0.15, 0.2) is 54.6 Å². The van der Waals surface area contributed by atoms with Gasteiger partial charge >= 0.3 is 0 Å². The number of aryl methyl sites for hydroxylation is 1. The summed E-state index contributed by atoms with van der Waals surface area (Å²) in [5.74, 6) is 0.911. The van der Waals surface area contributed by atoms with E-state index in [0.29, 0.717) is 18.4 Å². The molecule has 0 aliphatic carbocycles. The number of rotatable bonds is 6. The summed E-state index contributed by atoms with van der Waals surface area (Å²) in [5.41, 5.74) is 2.55. The van der Waals surface area contributed by atoms with E-state index in [2.05, 4.69) is 4.98 Å². The van der Waals surface area contributed by atoms with E-state index in [1.165, 1.54) is 0 Å². The first kappa shape index (κ1) is 14.5. The van der Waals surface area contributed by atoms with Crippen molar-refractivity contribution < 1.29 is 9.90 Å². The molecule has 0 radical (unpaired) electrons. The van der Waals surface area contributed by atoms with E-state index in [4.69, 9.17) is 5.11 Å². The Balaban J connectivity index is 1.95. The Hall–Kier alpha value is -2.46. The maximum absolute atomic E-state index is 12.5. The lowest BCUT2D eigenvalue weighted by molar-refractivity contribution is 0.0972. The van der Waals surface area contributed by atoms with Gasteiger partial charge in [-0.3, -0.25) is 4.79 Å². The molecule has 2 aromatic carbocycles. The second-order valence-electron chi connectivity index (χ2n) is 5.22. The Morgan fingerprint density at radius 1 is 1.05 bits per heavy atom. The molecule has 0 saturated carbocycles. The molecular weight excluding hydrogens is 276 g/mol. The first-order valence-corrected chi connectivity index (χ1v) is 7.43. The molecule has 1 N–H and O–H groups in total. The van der Waals surface area contributed by atoms with Crippen molar-refractivity contribution in [1.29, 1.82) is 0 Å². The summed E-state index contributed by atoms with van der Waals surface area (Å²) in [7, 11) is 0. The number of ketones is 1. The number of carbonyl (C=O) groups excluding carboxylic acids is 1. The van der Waals surface area contributed by atoms with Gasteiger partial charge in [0.05, 0.1) is 17.6 Å². The molecule has 0 atom stereocenters. The van der Waals surface area contributed by atoms with Crippen LogP contribution in [0.5, 0.6) is 0 Å². The summed E-state index contributed by atoms with van der Waals surface area (Å²) >= 11 is 0. The average Bonchev–Trinajstić information content (AvgIpc) is 2.91. The molecule has 0 bridgehead atoms. The predicted octanol–water partition coefficient (Wildman–Crippen LogP) is 2.84. The van der Waals surface area contributed by atoms with Gasteiger partial charge in [0.2, 0.25) is 0 Å². The van der Waals surface area contributed by atoms with Gasteiger partial charge < -0.3 is 9.67 Å². The molecule has 4 nitrogen and oxygen atoms in total. The first-order chi connectivity index (χ1) is 10.8. The lowest BCUT2D eigenvalue weighted by Gasteiger charge is -2.08. The summed E-state index contributed by atoms with van der Waals surface area (Å²) < 4.78 is 1.96. The lowest BCUT2D eigenvalue weighted by Crippen LogP contribution is -2.13. The van der Waals surface area contributed by atoms with E-state index in [1.54, 1.807) is 0 Å². The quantitative estimate of drug-likeness (QED) is 0.711.